The third kappa shape index (κ3) is 5.75. The highest BCUT2D eigenvalue weighted by Gasteiger charge is 2.03. The molecule has 0 unspecified atom stereocenters. The molecule has 0 N–H and O–H groups in total. The molecule has 82 valence electrons. The van der Waals surface area contributed by atoms with Gasteiger partial charge in [-0.1, -0.05) is 20.4 Å². The number of hydrogen-bond donors (Lipinski definition) is 0. The maximum Gasteiger partial charge on any atom is 0.333 e. The molecule has 0 spiro atoms. The quantitative estimate of drug-likeness (QED) is 0.356. The lowest BCUT2D eigenvalue weighted by Crippen LogP contribution is -2.25. The molecule has 0 saturated carbocycles. The Morgan fingerprint density at radius 1 is 1.36 bits per heavy atom. The molecule has 0 atom stereocenters. The lowest BCUT2D eigenvalue weighted by Gasteiger charge is -2.17. The van der Waals surface area contributed by atoms with Gasteiger partial charge in [-0.3, -0.25) is 0 Å². The first-order valence-electron chi connectivity index (χ1n) is 5.16. The summed E-state index contributed by atoms with van der Waals surface area (Å²) in [7, 11) is 0. The highest BCUT2D eigenvalue weighted by molar-refractivity contribution is 5.86. The van der Waals surface area contributed by atoms with E-state index in [1.54, 1.807) is 6.92 Å². The first kappa shape index (κ1) is 13.2. The van der Waals surface area contributed by atoms with Gasteiger partial charge in [0.25, 0.3) is 0 Å². The van der Waals surface area contributed by atoms with Crippen LogP contribution in [0, 0.1) is 0 Å². The van der Waals surface area contributed by atoms with Crippen molar-refractivity contribution in [2.24, 2.45) is 0 Å². The molecule has 0 radical (unpaired) electrons. The summed E-state index contributed by atoms with van der Waals surface area (Å²) in [4.78, 5) is 13.3. The van der Waals surface area contributed by atoms with Crippen LogP contribution >= 0.6 is 0 Å². The summed E-state index contributed by atoms with van der Waals surface area (Å²) in [5.74, 6) is -0.287. The van der Waals surface area contributed by atoms with E-state index in [-0.39, 0.29) is 5.97 Å². The van der Waals surface area contributed by atoms with Crippen molar-refractivity contribution in [3.63, 3.8) is 0 Å². The van der Waals surface area contributed by atoms with Crippen molar-refractivity contribution in [2.45, 2.75) is 27.2 Å². The third-order valence-corrected chi connectivity index (χ3v) is 2.09. The SMILES string of the molecule is C=C(C)C(=O)OCCCN(CC)CC. The van der Waals surface area contributed by atoms with Crippen LogP contribution in [0.25, 0.3) is 0 Å². The number of nitrogens with zero attached hydrogens (tertiary/aromatic N) is 1. The Balaban J connectivity index is 3.46. The van der Waals surface area contributed by atoms with Gasteiger partial charge < -0.3 is 9.64 Å². The van der Waals surface area contributed by atoms with Crippen molar-refractivity contribution in [1.82, 2.24) is 4.90 Å². The molecule has 0 heterocycles. The molecule has 0 bridgehead atoms. The van der Waals surface area contributed by atoms with Crippen molar-refractivity contribution in [2.75, 3.05) is 26.2 Å². The molecular weight excluding hydrogens is 178 g/mol. The van der Waals surface area contributed by atoms with E-state index in [0.29, 0.717) is 12.2 Å². The van der Waals surface area contributed by atoms with Crippen molar-refractivity contribution in [3.05, 3.63) is 12.2 Å². The number of carbonyl (C=O) groups excluding carboxylic acids is 1. The Hall–Kier alpha value is -0.830. The highest BCUT2D eigenvalue weighted by Crippen LogP contribution is 1.95. The van der Waals surface area contributed by atoms with Crippen LogP contribution in [0.3, 0.4) is 0 Å². The molecule has 3 heteroatoms. The maximum absolute atomic E-state index is 11.0. The monoisotopic (exact) mass is 199 g/mol. The summed E-state index contributed by atoms with van der Waals surface area (Å²) in [5.41, 5.74) is 0.466. The second-order valence-electron chi connectivity index (χ2n) is 3.30. The van der Waals surface area contributed by atoms with Gasteiger partial charge in [0, 0.05) is 12.1 Å². The van der Waals surface area contributed by atoms with Crippen molar-refractivity contribution >= 4 is 5.97 Å². The Kier molecular flexibility index (Phi) is 7.11. The van der Waals surface area contributed by atoms with E-state index in [2.05, 4.69) is 25.3 Å². The molecule has 0 saturated heterocycles. The highest BCUT2D eigenvalue weighted by atomic mass is 16.5. The largest absolute Gasteiger partial charge is 0.462 e. The number of carbonyl (C=O) groups is 1. The third-order valence-electron chi connectivity index (χ3n) is 2.09. The summed E-state index contributed by atoms with van der Waals surface area (Å²) in [6.07, 6.45) is 0.890. The summed E-state index contributed by atoms with van der Waals surface area (Å²) in [6, 6.07) is 0. The molecule has 3 nitrogen and oxygen atoms in total. The summed E-state index contributed by atoms with van der Waals surface area (Å²) in [5, 5.41) is 0. The average Bonchev–Trinajstić information content (AvgIpc) is 2.17. The zero-order valence-electron chi connectivity index (χ0n) is 9.51. The number of hydrogen-bond acceptors (Lipinski definition) is 3. The second kappa shape index (κ2) is 7.56. The van der Waals surface area contributed by atoms with E-state index in [9.17, 15) is 4.79 Å². The molecule has 0 amide bonds. The van der Waals surface area contributed by atoms with Gasteiger partial charge in [-0.15, -0.1) is 0 Å². The van der Waals surface area contributed by atoms with E-state index in [0.717, 1.165) is 26.1 Å². The minimum absolute atomic E-state index is 0.287. The van der Waals surface area contributed by atoms with Crippen LogP contribution < -0.4 is 0 Å². The molecule has 0 aliphatic carbocycles. The van der Waals surface area contributed by atoms with Gasteiger partial charge in [0.1, 0.15) is 0 Å². The van der Waals surface area contributed by atoms with Gasteiger partial charge in [0.15, 0.2) is 0 Å². The van der Waals surface area contributed by atoms with Crippen LogP contribution in [-0.2, 0) is 9.53 Å². The van der Waals surface area contributed by atoms with Gasteiger partial charge in [0.2, 0.25) is 0 Å². The number of esters is 1. The lowest BCUT2D eigenvalue weighted by atomic mass is 10.3. The predicted octanol–water partition coefficient (Wildman–Crippen LogP) is 1.84. The predicted molar refractivity (Wildman–Crippen MR) is 58.2 cm³/mol. The van der Waals surface area contributed by atoms with E-state index in [4.69, 9.17) is 4.74 Å². The fourth-order valence-corrected chi connectivity index (χ4v) is 1.12. The Morgan fingerprint density at radius 3 is 2.36 bits per heavy atom. The van der Waals surface area contributed by atoms with Crippen molar-refractivity contribution in [1.29, 1.82) is 0 Å². The van der Waals surface area contributed by atoms with Crippen LogP contribution in [0.1, 0.15) is 27.2 Å². The summed E-state index contributed by atoms with van der Waals surface area (Å²) in [6.45, 7) is 13.0. The summed E-state index contributed by atoms with van der Waals surface area (Å²) >= 11 is 0. The molecule has 0 aromatic rings. The number of ether oxygens (including phenoxy) is 1. The molecule has 0 rings (SSSR count). The van der Waals surface area contributed by atoms with Gasteiger partial charge in [-0.25, -0.2) is 4.79 Å². The smallest absolute Gasteiger partial charge is 0.333 e. The molecule has 0 aliphatic heterocycles. The van der Waals surface area contributed by atoms with E-state index >= 15 is 0 Å². The first-order valence-corrected chi connectivity index (χ1v) is 5.16. The minimum Gasteiger partial charge on any atom is -0.462 e. The van der Waals surface area contributed by atoms with Crippen molar-refractivity contribution in [3.8, 4) is 0 Å². The molecular formula is C11H21NO2. The average molecular weight is 199 g/mol. The van der Waals surface area contributed by atoms with Crippen LogP contribution in [0.5, 0.6) is 0 Å². The Labute approximate surface area is 86.7 Å². The molecule has 0 aliphatic rings. The molecule has 0 fully saturated rings. The fraction of sp³-hybridized carbons (Fsp3) is 0.727. The standard InChI is InChI=1S/C11H21NO2/c1-5-12(6-2)8-7-9-14-11(13)10(3)4/h3,5-9H2,1-2,4H3. The zero-order chi connectivity index (χ0) is 11.0. The second-order valence-corrected chi connectivity index (χ2v) is 3.30. The lowest BCUT2D eigenvalue weighted by molar-refractivity contribution is -0.139. The topological polar surface area (TPSA) is 29.5 Å². The molecule has 0 aromatic heterocycles. The van der Waals surface area contributed by atoms with E-state index < -0.39 is 0 Å². The number of rotatable bonds is 7. The van der Waals surface area contributed by atoms with Crippen LogP contribution in [0.15, 0.2) is 12.2 Å². The van der Waals surface area contributed by atoms with E-state index in [1.165, 1.54) is 0 Å². The Morgan fingerprint density at radius 2 is 1.93 bits per heavy atom. The van der Waals surface area contributed by atoms with Crippen LogP contribution in [0.2, 0.25) is 0 Å². The normalized spacial score (nSPS) is 10.3. The first-order chi connectivity index (χ1) is 6.61. The van der Waals surface area contributed by atoms with Gasteiger partial charge in [0.05, 0.1) is 6.61 Å². The van der Waals surface area contributed by atoms with Gasteiger partial charge in [-0.05, 0) is 26.4 Å². The molecule has 0 aromatic carbocycles. The van der Waals surface area contributed by atoms with Crippen LogP contribution in [0.4, 0.5) is 0 Å². The zero-order valence-corrected chi connectivity index (χ0v) is 9.51. The summed E-state index contributed by atoms with van der Waals surface area (Å²) < 4.78 is 4.98. The molecule has 14 heavy (non-hydrogen) atoms. The van der Waals surface area contributed by atoms with Gasteiger partial charge in [-0.2, -0.15) is 0 Å². The van der Waals surface area contributed by atoms with E-state index in [1.807, 2.05) is 0 Å². The van der Waals surface area contributed by atoms with Crippen molar-refractivity contribution < 1.29 is 9.53 Å². The Bertz CT molecular complexity index is 186. The maximum atomic E-state index is 11.0. The van der Waals surface area contributed by atoms with Gasteiger partial charge >= 0.3 is 5.97 Å². The fourth-order valence-electron chi connectivity index (χ4n) is 1.12. The van der Waals surface area contributed by atoms with Crippen LogP contribution in [-0.4, -0.2) is 37.1 Å². The minimum atomic E-state index is -0.287.